The van der Waals surface area contributed by atoms with Crippen molar-refractivity contribution in [1.29, 1.82) is 0 Å². The molecule has 0 saturated heterocycles. The molecule has 0 amide bonds. The molecule has 0 aliphatic rings. The highest BCUT2D eigenvalue weighted by Gasteiger charge is 2.15. The molecule has 0 aliphatic heterocycles. The number of benzene rings is 3. The van der Waals surface area contributed by atoms with Gasteiger partial charge in [0.1, 0.15) is 17.4 Å². The number of ether oxygens (including phenoxy) is 1. The first-order chi connectivity index (χ1) is 13.4. The van der Waals surface area contributed by atoms with Crippen molar-refractivity contribution in [3.05, 3.63) is 72.5 Å². The molecule has 1 heterocycles. The quantitative estimate of drug-likeness (QED) is 0.529. The summed E-state index contributed by atoms with van der Waals surface area (Å²) in [7, 11) is -2.22. The molecule has 28 heavy (non-hydrogen) atoms. The van der Waals surface area contributed by atoms with E-state index in [-0.39, 0.29) is 10.7 Å². The number of methoxy groups -OCH3 is 1. The zero-order chi connectivity index (χ0) is 19.7. The summed E-state index contributed by atoms with van der Waals surface area (Å²) in [6.45, 7) is 0. The zero-order valence-electron chi connectivity index (χ0n) is 14.8. The second-order valence-corrected chi connectivity index (χ2v) is 7.79. The van der Waals surface area contributed by atoms with Crippen molar-refractivity contribution in [3.8, 4) is 17.1 Å². The molecule has 0 aliphatic carbocycles. The summed E-state index contributed by atoms with van der Waals surface area (Å²) in [5.41, 5.74) is 2.47. The minimum atomic E-state index is -3.74. The summed E-state index contributed by atoms with van der Waals surface area (Å²) in [6, 6.07) is 17.1. The summed E-state index contributed by atoms with van der Waals surface area (Å²) < 4.78 is 45.9. The maximum Gasteiger partial charge on any atom is 0.261 e. The van der Waals surface area contributed by atoms with Crippen molar-refractivity contribution in [3.63, 3.8) is 0 Å². The molecule has 1 aromatic heterocycles. The first-order valence-electron chi connectivity index (χ1n) is 8.37. The summed E-state index contributed by atoms with van der Waals surface area (Å²) in [4.78, 5) is 7.72. The van der Waals surface area contributed by atoms with Gasteiger partial charge in [-0.3, -0.25) is 4.72 Å². The number of sulfonamides is 1. The van der Waals surface area contributed by atoms with Gasteiger partial charge in [-0.2, -0.15) is 0 Å². The fourth-order valence-electron chi connectivity index (χ4n) is 2.79. The van der Waals surface area contributed by atoms with E-state index in [0.29, 0.717) is 28.3 Å². The fourth-order valence-corrected chi connectivity index (χ4v) is 3.84. The Balaban J connectivity index is 1.63. The average Bonchev–Trinajstić information content (AvgIpc) is 3.11. The van der Waals surface area contributed by atoms with Gasteiger partial charge in [-0.05, 0) is 66.7 Å². The molecule has 2 N–H and O–H groups in total. The smallest absolute Gasteiger partial charge is 0.261 e. The fraction of sp³-hybridized carbons (Fsp3) is 0.0500. The molecule has 0 atom stereocenters. The number of rotatable bonds is 5. The van der Waals surface area contributed by atoms with Crippen molar-refractivity contribution >= 4 is 26.7 Å². The second kappa shape index (κ2) is 6.97. The third kappa shape index (κ3) is 3.54. The van der Waals surface area contributed by atoms with Crippen molar-refractivity contribution in [1.82, 2.24) is 9.97 Å². The van der Waals surface area contributed by atoms with Crippen LogP contribution in [0.15, 0.2) is 71.6 Å². The highest BCUT2D eigenvalue weighted by atomic mass is 32.2. The van der Waals surface area contributed by atoms with Crippen LogP contribution >= 0.6 is 0 Å². The van der Waals surface area contributed by atoms with Gasteiger partial charge in [0.05, 0.1) is 28.7 Å². The van der Waals surface area contributed by atoms with Gasteiger partial charge < -0.3 is 9.72 Å². The number of H-pyrrole nitrogens is 1. The Hall–Kier alpha value is -3.39. The van der Waals surface area contributed by atoms with Gasteiger partial charge >= 0.3 is 0 Å². The first-order valence-corrected chi connectivity index (χ1v) is 9.85. The van der Waals surface area contributed by atoms with E-state index in [1.807, 2.05) is 0 Å². The Kier molecular flexibility index (Phi) is 4.48. The topological polar surface area (TPSA) is 84.1 Å². The standard InChI is InChI=1S/C20H16FN3O3S/c1-27-16-7-9-17(10-8-16)28(25,26)24-15-6-11-18-19(12-15)23-20(22-18)13-2-4-14(21)5-3-13/h2-12,24H,1H3,(H,22,23). The van der Waals surface area contributed by atoms with E-state index in [2.05, 4.69) is 14.7 Å². The van der Waals surface area contributed by atoms with Gasteiger partial charge in [-0.15, -0.1) is 0 Å². The number of imidazole rings is 1. The van der Waals surface area contributed by atoms with Crippen LogP contribution < -0.4 is 9.46 Å². The Bertz CT molecular complexity index is 1230. The minimum Gasteiger partial charge on any atom is -0.497 e. The molecule has 4 rings (SSSR count). The Morgan fingerprint density at radius 3 is 2.39 bits per heavy atom. The van der Waals surface area contributed by atoms with E-state index >= 15 is 0 Å². The van der Waals surface area contributed by atoms with E-state index in [1.54, 1.807) is 42.5 Å². The first kappa shape index (κ1) is 18.0. The van der Waals surface area contributed by atoms with Crippen molar-refractivity contribution in [2.45, 2.75) is 4.90 Å². The summed E-state index contributed by atoms with van der Waals surface area (Å²) in [5, 5.41) is 0. The van der Waals surface area contributed by atoms with Crippen LogP contribution in [0.3, 0.4) is 0 Å². The van der Waals surface area contributed by atoms with Crippen LogP contribution in [0.5, 0.6) is 5.75 Å². The van der Waals surface area contributed by atoms with E-state index in [4.69, 9.17) is 4.74 Å². The predicted octanol–water partition coefficient (Wildman–Crippen LogP) is 4.18. The number of hydrogen-bond acceptors (Lipinski definition) is 4. The van der Waals surface area contributed by atoms with Crippen LogP contribution in [-0.2, 0) is 10.0 Å². The monoisotopic (exact) mass is 397 g/mol. The molecule has 3 aromatic carbocycles. The van der Waals surface area contributed by atoms with Crippen molar-refractivity contribution < 1.29 is 17.5 Å². The lowest BCUT2D eigenvalue weighted by Gasteiger charge is -2.08. The van der Waals surface area contributed by atoms with Crippen LogP contribution in [0.4, 0.5) is 10.1 Å². The van der Waals surface area contributed by atoms with E-state index in [0.717, 1.165) is 5.56 Å². The van der Waals surface area contributed by atoms with Gasteiger partial charge in [0, 0.05) is 5.56 Å². The molecule has 0 bridgehead atoms. The Labute approximate surface area is 161 Å². The molecular formula is C20H16FN3O3S. The zero-order valence-corrected chi connectivity index (χ0v) is 15.6. The van der Waals surface area contributed by atoms with Crippen LogP contribution in [0.25, 0.3) is 22.4 Å². The molecule has 4 aromatic rings. The molecule has 6 nitrogen and oxygen atoms in total. The molecule has 0 radical (unpaired) electrons. The number of anilines is 1. The summed E-state index contributed by atoms with van der Waals surface area (Å²) >= 11 is 0. The number of nitrogens with zero attached hydrogens (tertiary/aromatic N) is 1. The number of nitrogens with one attached hydrogen (secondary N) is 2. The maximum absolute atomic E-state index is 13.1. The maximum atomic E-state index is 13.1. The SMILES string of the molecule is COc1ccc(S(=O)(=O)Nc2ccc3nc(-c4ccc(F)cc4)[nH]c3c2)cc1. The highest BCUT2D eigenvalue weighted by Crippen LogP contribution is 2.25. The van der Waals surface area contributed by atoms with Gasteiger partial charge in [-0.1, -0.05) is 0 Å². The molecule has 8 heteroatoms. The molecular weight excluding hydrogens is 381 g/mol. The third-order valence-electron chi connectivity index (χ3n) is 4.22. The van der Waals surface area contributed by atoms with Crippen molar-refractivity contribution in [2.75, 3.05) is 11.8 Å². The van der Waals surface area contributed by atoms with E-state index < -0.39 is 10.0 Å². The lowest BCUT2D eigenvalue weighted by Crippen LogP contribution is -2.12. The van der Waals surface area contributed by atoms with Crippen LogP contribution in [0.2, 0.25) is 0 Å². The molecule has 0 saturated carbocycles. The van der Waals surface area contributed by atoms with Gasteiger partial charge in [0.2, 0.25) is 0 Å². The number of fused-ring (bicyclic) bond motifs is 1. The largest absolute Gasteiger partial charge is 0.497 e. The van der Waals surface area contributed by atoms with Crippen LogP contribution in [0, 0.1) is 5.82 Å². The number of aromatic amines is 1. The van der Waals surface area contributed by atoms with Crippen LogP contribution in [0.1, 0.15) is 0 Å². The number of hydrogen-bond donors (Lipinski definition) is 2. The average molecular weight is 397 g/mol. The van der Waals surface area contributed by atoms with Crippen molar-refractivity contribution in [2.24, 2.45) is 0 Å². The lowest BCUT2D eigenvalue weighted by atomic mass is 10.2. The normalized spacial score (nSPS) is 11.5. The van der Waals surface area contributed by atoms with Gasteiger partial charge in [-0.25, -0.2) is 17.8 Å². The Morgan fingerprint density at radius 2 is 1.71 bits per heavy atom. The van der Waals surface area contributed by atoms with Gasteiger partial charge in [0.25, 0.3) is 10.0 Å². The number of halogens is 1. The second-order valence-electron chi connectivity index (χ2n) is 6.11. The van der Waals surface area contributed by atoms with Crippen LogP contribution in [-0.4, -0.2) is 25.5 Å². The molecule has 0 fully saturated rings. The van der Waals surface area contributed by atoms with E-state index in [1.165, 1.54) is 31.4 Å². The lowest BCUT2D eigenvalue weighted by molar-refractivity contribution is 0.414. The predicted molar refractivity (Wildman–Crippen MR) is 105 cm³/mol. The summed E-state index contributed by atoms with van der Waals surface area (Å²) in [5.74, 6) is 0.825. The summed E-state index contributed by atoms with van der Waals surface area (Å²) in [6.07, 6.45) is 0. The van der Waals surface area contributed by atoms with Gasteiger partial charge in [0.15, 0.2) is 0 Å². The Morgan fingerprint density at radius 1 is 1.00 bits per heavy atom. The number of aromatic nitrogens is 2. The molecule has 0 unspecified atom stereocenters. The molecule has 142 valence electrons. The third-order valence-corrected chi connectivity index (χ3v) is 5.62. The minimum absolute atomic E-state index is 0.130. The molecule has 0 spiro atoms. The van der Waals surface area contributed by atoms with E-state index in [9.17, 15) is 12.8 Å². The highest BCUT2D eigenvalue weighted by molar-refractivity contribution is 7.92.